The average Bonchev–Trinajstić information content (AvgIpc) is 3.27. The smallest absolute Gasteiger partial charge is 0.292 e. The second-order valence-electron chi connectivity index (χ2n) is 6.79. The first-order valence-electron chi connectivity index (χ1n) is 9.03. The van der Waals surface area contributed by atoms with Crippen molar-refractivity contribution in [3.05, 3.63) is 58.7 Å². The van der Waals surface area contributed by atoms with Crippen LogP contribution in [0.15, 0.2) is 48.6 Å². The van der Waals surface area contributed by atoms with Crippen molar-refractivity contribution >= 4 is 17.3 Å². The zero-order valence-electron chi connectivity index (χ0n) is 14.3. The number of hydrogen-bond donors (Lipinski definition) is 1. The van der Waals surface area contributed by atoms with E-state index in [1.807, 2.05) is 0 Å². The first-order valence-corrected chi connectivity index (χ1v) is 9.03. The quantitative estimate of drug-likeness (QED) is 0.485. The summed E-state index contributed by atoms with van der Waals surface area (Å²) >= 11 is 0. The summed E-state index contributed by atoms with van der Waals surface area (Å²) in [4.78, 5) is 23.3. The average molecular weight is 340 g/mol. The number of nitrogens with one attached hydrogen (secondary N) is 1. The lowest BCUT2D eigenvalue weighted by atomic mass is 10.1. The molecule has 5 nitrogen and oxygen atoms in total. The number of allylic oxidation sites excluding steroid dienone is 4. The number of para-hydroxylation sites is 2. The van der Waals surface area contributed by atoms with Gasteiger partial charge in [-0.2, -0.15) is 0 Å². The maximum atomic E-state index is 12.7. The first-order chi connectivity index (χ1) is 12.2. The van der Waals surface area contributed by atoms with Crippen LogP contribution in [0, 0.1) is 27.9 Å². The maximum Gasteiger partial charge on any atom is 0.292 e. The van der Waals surface area contributed by atoms with Crippen LogP contribution in [0.4, 0.5) is 11.4 Å². The van der Waals surface area contributed by atoms with E-state index in [0.29, 0.717) is 17.5 Å². The summed E-state index contributed by atoms with van der Waals surface area (Å²) in [5.41, 5.74) is 0.237. The van der Waals surface area contributed by atoms with E-state index in [1.165, 1.54) is 6.07 Å². The van der Waals surface area contributed by atoms with Gasteiger partial charge in [0.2, 0.25) is 5.91 Å². The van der Waals surface area contributed by atoms with Crippen molar-refractivity contribution in [2.45, 2.75) is 38.5 Å². The van der Waals surface area contributed by atoms with Crippen molar-refractivity contribution in [1.29, 1.82) is 0 Å². The van der Waals surface area contributed by atoms with Gasteiger partial charge in [0.25, 0.3) is 5.69 Å². The Morgan fingerprint density at radius 3 is 2.12 bits per heavy atom. The highest BCUT2D eigenvalue weighted by atomic mass is 16.6. The van der Waals surface area contributed by atoms with E-state index in [2.05, 4.69) is 29.6 Å². The number of nitrogens with zero attached hydrogens (tertiary/aromatic N) is 1. The highest BCUT2D eigenvalue weighted by Gasteiger charge is 2.53. The highest BCUT2D eigenvalue weighted by molar-refractivity contribution is 5.96. The van der Waals surface area contributed by atoms with Gasteiger partial charge in [0.15, 0.2) is 0 Å². The molecule has 5 heteroatoms. The van der Waals surface area contributed by atoms with E-state index >= 15 is 0 Å². The largest absolute Gasteiger partial charge is 0.320 e. The molecular formula is C20H24N2O3. The van der Waals surface area contributed by atoms with Crippen molar-refractivity contribution in [1.82, 2.24) is 0 Å². The number of carbonyl (C=O) groups excluding carboxylic acids is 1. The number of nitro benzene ring substituents is 1. The van der Waals surface area contributed by atoms with Crippen LogP contribution in [0.2, 0.25) is 0 Å². The SMILES string of the molecule is O=C(Nc1ccccc1[N+](=O)[O-])C1C2CC/C=C/CC/C=C/CCC21. The summed E-state index contributed by atoms with van der Waals surface area (Å²) in [5, 5.41) is 13.9. The fraction of sp³-hybridized carbons (Fsp3) is 0.450. The van der Waals surface area contributed by atoms with Gasteiger partial charge in [0.05, 0.1) is 4.92 Å². The molecule has 3 rings (SSSR count). The van der Waals surface area contributed by atoms with E-state index in [1.54, 1.807) is 18.2 Å². The van der Waals surface area contributed by atoms with E-state index in [4.69, 9.17) is 0 Å². The lowest BCUT2D eigenvalue weighted by molar-refractivity contribution is -0.383. The molecule has 2 aliphatic rings. The molecule has 25 heavy (non-hydrogen) atoms. The third kappa shape index (κ3) is 4.35. The van der Waals surface area contributed by atoms with Crippen molar-refractivity contribution in [3.63, 3.8) is 0 Å². The number of amides is 1. The normalized spacial score (nSPS) is 28.6. The van der Waals surface area contributed by atoms with Crippen molar-refractivity contribution in [3.8, 4) is 0 Å². The van der Waals surface area contributed by atoms with Gasteiger partial charge in [0.1, 0.15) is 5.69 Å². The molecule has 2 unspecified atom stereocenters. The number of hydrogen-bond acceptors (Lipinski definition) is 3. The molecule has 0 aromatic heterocycles. The number of benzene rings is 1. The van der Waals surface area contributed by atoms with Gasteiger partial charge >= 0.3 is 0 Å². The summed E-state index contributed by atoms with van der Waals surface area (Å²) in [6.07, 6.45) is 15.0. The molecule has 1 fully saturated rings. The van der Waals surface area contributed by atoms with Gasteiger partial charge in [-0.1, -0.05) is 36.4 Å². The topological polar surface area (TPSA) is 72.2 Å². The van der Waals surface area contributed by atoms with Crippen molar-refractivity contribution < 1.29 is 9.72 Å². The third-order valence-electron chi connectivity index (χ3n) is 5.16. The number of nitro groups is 1. The van der Waals surface area contributed by atoms with Crippen LogP contribution < -0.4 is 5.32 Å². The molecule has 2 aliphatic carbocycles. The van der Waals surface area contributed by atoms with E-state index < -0.39 is 4.92 Å². The molecular weight excluding hydrogens is 316 g/mol. The Kier molecular flexibility index (Phi) is 5.64. The van der Waals surface area contributed by atoms with Crippen LogP contribution >= 0.6 is 0 Å². The molecule has 1 aromatic rings. The van der Waals surface area contributed by atoms with Gasteiger partial charge in [0, 0.05) is 12.0 Å². The van der Waals surface area contributed by atoms with E-state index in [-0.39, 0.29) is 17.5 Å². The van der Waals surface area contributed by atoms with Gasteiger partial charge in [-0.3, -0.25) is 14.9 Å². The molecule has 0 bridgehead atoms. The number of anilines is 1. The van der Waals surface area contributed by atoms with E-state index in [0.717, 1.165) is 38.5 Å². The second kappa shape index (κ2) is 8.10. The number of rotatable bonds is 3. The van der Waals surface area contributed by atoms with Gasteiger partial charge in [-0.25, -0.2) is 0 Å². The summed E-state index contributed by atoms with van der Waals surface area (Å²) in [6.45, 7) is 0. The first kappa shape index (κ1) is 17.4. The number of carbonyl (C=O) groups is 1. The molecule has 0 heterocycles. The lowest BCUT2D eigenvalue weighted by Gasteiger charge is -2.05. The van der Waals surface area contributed by atoms with Crippen LogP contribution in [0.5, 0.6) is 0 Å². The Labute approximate surface area is 148 Å². The van der Waals surface area contributed by atoms with Crippen LogP contribution in [0.1, 0.15) is 38.5 Å². The molecule has 0 radical (unpaired) electrons. The van der Waals surface area contributed by atoms with Gasteiger partial charge in [-0.05, 0) is 56.4 Å². The predicted octanol–water partition coefficient (Wildman–Crippen LogP) is 4.86. The Morgan fingerprint density at radius 1 is 0.960 bits per heavy atom. The van der Waals surface area contributed by atoms with Crippen molar-refractivity contribution in [2.75, 3.05) is 5.32 Å². The zero-order chi connectivity index (χ0) is 17.6. The van der Waals surface area contributed by atoms with Gasteiger partial charge < -0.3 is 5.32 Å². The van der Waals surface area contributed by atoms with Crippen molar-refractivity contribution in [2.24, 2.45) is 17.8 Å². The number of fused-ring (bicyclic) bond motifs is 1. The summed E-state index contributed by atoms with van der Waals surface area (Å²) in [6, 6.07) is 6.32. The molecule has 2 atom stereocenters. The fourth-order valence-electron chi connectivity index (χ4n) is 3.82. The fourth-order valence-corrected chi connectivity index (χ4v) is 3.82. The third-order valence-corrected chi connectivity index (χ3v) is 5.16. The lowest BCUT2D eigenvalue weighted by Crippen LogP contribution is -2.16. The minimum Gasteiger partial charge on any atom is -0.320 e. The van der Waals surface area contributed by atoms with Crippen LogP contribution in [0.3, 0.4) is 0 Å². The maximum absolute atomic E-state index is 12.7. The summed E-state index contributed by atoms with van der Waals surface area (Å²) < 4.78 is 0. The molecule has 1 amide bonds. The Balaban J connectivity index is 1.67. The molecule has 1 aromatic carbocycles. The Morgan fingerprint density at radius 2 is 1.52 bits per heavy atom. The highest BCUT2D eigenvalue weighted by Crippen LogP contribution is 2.52. The van der Waals surface area contributed by atoms with Crippen LogP contribution in [-0.2, 0) is 4.79 Å². The predicted molar refractivity (Wildman–Crippen MR) is 98.2 cm³/mol. The molecule has 0 saturated heterocycles. The molecule has 0 aliphatic heterocycles. The minimum absolute atomic E-state index is 0.0256. The molecule has 1 saturated carbocycles. The zero-order valence-corrected chi connectivity index (χ0v) is 14.3. The van der Waals surface area contributed by atoms with Crippen LogP contribution in [-0.4, -0.2) is 10.8 Å². The minimum atomic E-state index is -0.456. The summed E-state index contributed by atoms with van der Waals surface area (Å²) in [7, 11) is 0. The van der Waals surface area contributed by atoms with Gasteiger partial charge in [-0.15, -0.1) is 0 Å². The molecule has 1 N–H and O–H groups in total. The summed E-state index contributed by atoms with van der Waals surface area (Å²) in [5.74, 6) is 0.676. The standard InChI is InChI=1S/C20H24N2O3/c23-20(21-17-13-9-10-14-18(17)22(24)25)19-15-11-7-5-3-1-2-4-6-8-12-16(15)19/h3-6,9-10,13-16,19H,1-2,7-8,11-12H2,(H,21,23)/b5-3+,6-4+. The molecule has 0 spiro atoms. The second-order valence-corrected chi connectivity index (χ2v) is 6.79. The Hall–Kier alpha value is -2.43. The van der Waals surface area contributed by atoms with Crippen LogP contribution in [0.25, 0.3) is 0 Å². The monoisotopic (exact) mass is 340 g/mol. The Bertz CT molecular complexity index is 672. The molecule has 132 valence electrons. The van der Waals surface area contributed by atoms with E-state index in [9.17, 15) is 14.9 Å².